The van der Waals surface area contributed by atoms with Crippen molar-refractivity contribution in [2.75, 3.05) is 11.9 Å². The van der Waals surface area contributed by atoms with Crippen molar-refractivity contribution >= 4 is 17.6 Å². The highest BCUT2D eigenvalue weighted by molar-refractivity contribution is 5.93. The summed E-state index contributed by atoms with van der Waals surface area (Å²) in [5.41, 5.74) is 2.38. The van der Waals surface area contributed by atoms with E-state index in [1.54, 1.807) is 38.1 Å². The Labute approximate surface area is 160 Å². The molecule has 144 valence electrons. The first-order chi connectivity index (χ1) is 13.0. The fraction of sp³-hybridized carbons (Fsp3) is 0.364. The van der Waals surface area contributed by atoms with E-state index >= 15 is 0 Å². The Hall–Kier alpha value is -2.82. The highest BCUT2D eigenvalue weighted by atomic mass is 16.5. The number of nitrogens with one attached hydrogen (secondary N) is 1. The van der Waals surface area contributed by atoms with Gasteiger partial charge in [-0.1, -0.05) is 19.1 Å². The Morgan fingerprint density at radius 1 is 1.00 bits per heavy atom. The van der Waals surface area contributed by atoms with Gasteiger partial charge < -0.3 is 14.8 Å². The van der Waals surface area contributed by atoms with Crippen LogP contribution in [0.5, 0.6) is 5.75 Å². The van der Waals surface area contributed by atoms with Crippen LogP contribution in [0.2, 0.25) is 0 Å². The molecule has 0 fully saturated rings. The van der Waals surface area contributed by atoms with Crippen LogP contribution in [-0.4, -0.2) is 24.6 Å². The van der Waals surface area contributed by atoms with Crippen molar-refractivity contribution in [1.82, 2.24) is 0 Å². The minimum Gasteiger partial charge on any atom is -0.494 e. The first kappa shape index (κ1) is 20.5. The summed E-state index contributed by atoms with van der Waals surface area (Å²) in [6.07, 6.45) is 1.83. The van der Waals surface area contributed by atoms with Crippen LogP contribution in [0.1, 0.15) is 49.5 Å². The van der Waals surface area contributed by atoms with Gasteiger partial charge in [-0.2, -0.15) is 0 Å². The summed E-state index contributed by atoms with van der Waals surface area (Å²) in [7, 11) is 0. The molecular weight excluding hydrogens is 342 g/mol. The van der Waals surface area contributed by atoms with Gasteiger partial charge in [0.25, 0.3) is 0 Å². The summed E-state index contributed by atoms with van der Waals surface area (Å²) in [4.78, 5) is 23.8. The first-order valence-electron chi connectivity index (χ1n) is 9.30. The molecule has 0 heterocycles. The number of ether oxygens (including phenoxy) is 2. The summed E-state index contributed by atoms with van der Waals surface area (Å²) in [5.74, 6) is 0.362. The average molecular weight is 369 g/mol. The van der Waals surface area contributed by atoms with Crippen molar-refractivity contribution in [3.8, 4) is 5.75 Å². The van der Waals surface area contributed by atoms with E-state index in [-0.39, 0.29) is 18.0 Å². The Kier molecular flexibility index (Phi) is 7.86. The Morgan fingerprint density at radius 2 is 1.67 bits per heavy atom. The Morgan fingerprint density at radius 3 is 2.26 bits per heavy atom. The maximum absolute atomic E-state index is 12.0. The highest BCUT2D eigenvalue weighted by Crippen LogP contribution is 2.14. The van der Waals surface area contributed by atoms with Crippen LogP contribution in [0.4, 0.5) is 5.69 Å². The lowest BCUT2D eigenvalue weighted by Gasteiger charge is -2.09. The molecule has 0 saturated carbocycles. The third-order valence-corrected chi connectivity index (χ3v) is 3.90. The maximum atomic E-state index is 12.0. The van der Waals surface area contributed by atoms with Gasteiger partial charge >= 0.3 is 5.97 Å². The van der Waals surface area contributed by atoms with Gasteiger partial charge in [0.2, 0.25) is 5.91 Å². The van der Waals surface area contributed by atoms with E-state index in [0.29, 0.717) is 30.7 Å². The highest BCUT2D eigenvalue weighted by Gasteiger charge is 2.09. The lowest BCUT2D eigenvalue weighted by atomic mass is 10.2. The molecular formula is C22H27NO4. The molecule has 0 bridgehead atoms. The van der Waals surface area contributed by atoms with Gasteiger partial charge in [-0.25, -0.2) is 4.79 Å². The molecule has 2 aromatic rings. The third kappa shape index (κ3) is 7.13. The maximum Gasteiger partial charge on any atom is 0.338 e. The fourth-order valence-electron chi connectivity index (χ4n) is 2.44. The molecule has 5 heteroatoms. The van der Waals surface area contributed by atoms with E-state index in [9.17, 15) is 9.59 Å². The Bertz CT molecular complexity index is 736. The van der Waals surface area contributed by atoms with Gasteiger partial charge in [-0.05, 0) is 68.7 Å². The van der Waals surface area contributed by atoms with Crippen LogP contribution in [0.15, 0.2) is 48.5 Å². The predicted molar refractivity (Wildman–Crippen MR) is 106 cm³/mol. The molecule has 0 unspecified atom stereocenters. The van der Waals surface area contributed by atoms with E-state index in [1.165, 1.54) is 5.56 Å². The largest absolute Gasteiger partial charge is 0.494 e. The summed E-state index contributed by atoms with van der Waals surface area (Å²) in [6.45, 7) is 6.20. The number of amides is 1. The Balaban J connectivity index is 1.71. The van der Waals surface area contributed by atoms with Gasteiger partial charge in [0.15, 0.2) is 0 Å². The second kappa shape index (κ2) is 10.4. The third-order valence-electron chi connectivity index (χ3n) is 3.90. The molecule has 2 rings (SSSR count). The molecule has 1 N–H and O–H groups in total. The average Bonchev–Trinajstić information content (AvgIpc) is 2.65. The van der Waals surface area contributed by atoms with E-state index in [0.717, 1.165) is 12.2 Å². The smallest absolute Gasteiger partial charge is 0.338 e. The molecule has 1 amide bonds. The van der Waals surface area contributed by atoms with Crippen molar-refractivity contribution in [2.45, 2.75) is 46.1 Å². The standard InChI is InChI=1S/C22H27NO4/c1-4-17-7-13-20(14-8-17)26-15-5-6-21(24)23-19-11-9-18(10-12-19)22(25)27-16(2)3/h7-14,16H,4-6,15H2,1-3H3,(H,23,24). The van der Waals surface area contributed by atoms with Crippen molar-refractivity contribution in [2.24, 2.45) is 0 Å². The summed E-state index contributed by atoms with van der Waals surface area (Å²) >= 11 is 0. The molecule has 0 aromatic heterocycles. The minimum atomic E-state index is -0.369. The second-order valence-corrected chi connectivity index (χ2v) is 6.53. The predicted octanol–water partition coefficient (Wildman–Crippen LogP) is 4.61. The molecule has 0 spiro atoms. The zero-order valence-corrected chi connectivity index (χ0v) is 16.2. The van der Waals surface area contributed by atoms with Crippen LogP contribution in [0, 0.1) is 0 Å². The SMILES string of the molecule is CCc1ccc(OCCCC(=O)Nc2ccc(C(=O)OC(C)C)cc2)cc1. The molecule has 0 aliphatic carbocycles. The van der Waals surface area contributed by atoms with Crippen molar-refractivity contribution < 1.29 is 19.1 Å². The monoisotopic (exact) mass is 369 g/mol. The molecule has 0 aliphatic rings. The number of esters is 1. The summed E-state index contributed by atoms with van der Waals surface area (Å²) in [6, 6.07) is 14.7. The number of aryl methyl sites for hydroxylation is 1. The van der Waals surface area contributed by atoms with Crippen LogP contribution >= 0.6 is 0 Å². The van der Waals surface area contributed by atoms with Crippen LogP contribution < -0.4 is 10.1 Å². The number of hydrogen-bond donors (Lipinski definition) is 1. The summed E-state index contributed by atoms with van der Waals surface area (Å²) < 4.78 is 10.8. The van der Waals surface area contributed by atoms with E-state index < -0.39 is 0 Å². The lowest BCUT2D eigenvalue weighted by molar-refractivity contribution is -0.116. The van der Waals surface area contributed by atoms with Crippen molar-refractivity contribution in [3.63, 3.8) is 0 Å². The fourth-order valence-corrected chi connectivity index (χ4v) is 2.44. The molecule has 0 aliphatic heterocycles. The number of carbonyl (C=O) groups is 2. The topological polar surface area (TPSA) is 64.6 Å². The molecule has 0 saturated heterocycles. The normalized spacial score (nSPS) is 10.5. The van der Waals surface area contributed by atoms with Crippen molar-refractivity contribution in [3.05, 3.63) is 59.7 Å². The van der Waals surface area contributed by atoms with E-state index in [1.807, 2.05) is 24.3 Å². The number of hydrogen-bond acceptors (Lipinski definition) is 4. The van der Waals surface area contributed by atoms with Gasteiger partial charge in [0.1, 0.15) is 5.75 Å². The number of anilines is 1. The van der Waals surface area contributed by atoms with Crippen molar-refractivity contribution in [1.29, 1.82) is 0 Å². The van der Waals surface area contributed by atoms with E-state index in [2.05, 4.69) is 12.2 Å². The molecule has 27 heavy (non-hydrogen) atoms. The van der Waals surface area contributed by atoms with Gasteiger partial charge in [0, 0.05) is 12.1 Å². The van der Waals surface area contributed by atoms with Gasteiger partial charge in [0.05, 0.1) is 18.3 Å². The summed E-state index contributed by atoms with van der Waals surface area (Å²) in [5, 5.41) is 2.82. The molecule has 0 atom stereocenters. The number of carbonyl (C=O) groups excluding carboxylic acids is 2. The molecule has 0 radical (unpaired) electrons. The van der Waals surface area contributed by atoms with Crippen LogP contribution in [-0.2, 0) is 16.0 Å². The number of benzene rings is 2. The lowest BCUT2D eigenvalue weighted by Crippen LogP contribution is -2.14. The van der Waals surface area contributed by atoms with Crippen LogP contribution in [0.3, 0.4) is 0 Å². The zero-order chi connectivity index (χ0) is 19.6. The van der Waals surface area contributed by atoms with Gasteiger partial charge in [-0.15, -0.1) is 0 Å². The molecule has 2 aromatic carbocycles. The number of rotatable bonds is 9. The quantitative estimate of drug-likeness (QED) is 0.518. The van der Waals surface area contributed by atoms with E-state index in [4.69, 9.17) is 9.47 Å². The minimum absolute atomic E-state index is 0.0857. The first-order valence-corrected chi connectivity index (χ1v) is 9.30. The van der Waals surface area contributed by atoms with Crippen LogP contribution in [0.25, 0.3) is 0 Å². The van der Waals surface area contributed by atoms with Gasteiger partial charge in [-0.3, -0.25) is 4.79 Å². The second-order valence-electron chi connectivity index (χ2n) is 6.53. The zero-order valence-electron chi connectivity index (χ0n) is 16.2. The molecule has 5 nitrogen and oxygen atoms in total.